The summed E-state index contributed by atoms with van der Waals surface area (Å²) in [6, 6.07) is 5.18. The van der Waals surface area contributed by atoms with E-state index in [4.69, 9.17) is 11.6 Å². The standard InChI is InChI=1S/C13H15BrClNO2/c1-16(7-8-2-12(17)3-8)13(18)9-4-10(14)6-11(15)5-9/h4-6,8,12,17H,2-3,7H2,1H3. The Bertz CT molecular complexity index is 440. The van der Waals surface area contributed by atoms with Crippen LogP contribution in [0.25, 0.3) is 0 Å². The van der Waals surface area contributed by atoms with Crippen LogP contribution >= 0.6 is 27.5 Å². The molecule has 0 heterocycles. The third-order valence-corrected chi connectivity index (χ3v) is 3.88. The Morgan fingerprint density at radius 3 is 2.72 bits per heavy atom. The number of rotatable bonds is 3. The molecule has 0 unspecified atom stereocenters. The predicted molar refractivity (Wildman–Crippen MR) is 74.8 cm³/mol. The third kappa shape index (κ3) is 3.25. The van der Waals surface area contributed by atoms with Gasteiger partial charge in [-0.25, -0.2) is 0 Å². The number of nitrogens with zero attached hydrogens (tertiary/aromatic N) is 1. The average Bonchev–Trinajstić information content (AvgIpc) is 2.24. The summed E-state index contributed by atoms with van der Waals surface area (Å²) in [5.41, 5.74) is 0.580. The zero-order valence-corrected chi connectivity index (χ0v) is 12.4. The lowest BCUT2D eigenvalue weighted by Gasteiger charge is -2.34. The Labute approximate surface area is 120 Å². The monoisotopic (exact) mass is 331 g/mol. The SMILES string of the molecule is CN(CC1CC(O)C1)C(=O)c1cc(Cl)cc(Br)c1. The van der Waals surface area contributed by atoms with Gasteiger partial charge in [-0.1, -0.05) is 27.5 Å². The maximum Gasteiger partial charge on any atom is 0.253 e. The summed E-state index contributed by atoms with van der Waals surface area (Å²) in [6.07, 6.45) is 1.40. The maximum absolute atomic E-state index is 12.2. The van der Waals surface area contributed by atoms with Gasteiger partial charge in [0.1, 0.15) is 0 Å². The molecule has 1 fully saturated rings. The number of hydrogen-bond donors (Lipinski definition) is 1. The summed E-state index contributed by atoms with van der Waals surface area (Å²) >= 11 is 9.25. The molecule has 0 aromatic heterocycles. The Kier molecular flexibility index (Phi) is 4.30. The molecule has 1 aromatic carbocycles. The normalized spacial score (nSPS) is 22.4. The van der Waals surface area contributed by atoms with Crippen molar-refractivity contribution >= 4 is 33.4 Å². The van der Waals surface area contributed by atoms with Gasteiger partial charge < -0.3 is 10.0 Å². The summed E-state index contributed by atoms with van der Waals surface area (Å²) in [5, 5.41) is 9.77. The van der Waals surface area contributed by atoms with Gasteiger partial charge in [0.2, 0.25) is 0 Å². The third-order valence-electron chi connectivity index (χ3n) is 3.20. The Balaban J connectivity index is 2.01. The average molecular weight is 333 g/mol. The molecule has 0 radical (unpaired) electrons. The second kappa shape index (κ2) is 5.59. The van der Waals surface area contributed by atoms with E-state index in [1.165, 1.54) is 0 Å². The largest absolute Gasteiger partial charge is 0.393 e. The molecule has 1 amide bonds. The molecule has 3 nitrogen and oxygen atoms in total. The van der Waals surface area contributed by atoms with Crippen LogP contribution in [0.1, 0.15) is 23.2 Å². The van der Waals surface area contributed by atoms with Crippen molar-refractivity contribution in [1.82, 2.24) is 4.90 Å². The van der Waals surface area contributed by atoms with Crippen molar-refractivity contribution < 1.29 is 9.90 Å². The van der Waals surface area contributed by atoms with E-state index in [9.17, 15) is 9.90 Å². The zero-order valence-electron chi connectivity index (χ0n) is 10.1. The molecule has 0 bridgehead atoms. The first-order valence-electron chi connectivity index (χ1n) is 5.85. The fourth-order valence-corrected chi connectivity index (χ4v) is 3.08. The van der Waals surface area contributed by atoms with Crippen LogP contribution in [0.3, 0.4) is 0 Å². The lowest BCUT2D eigenvalue weighted by atomic mass is 9.82. The van der Waals surface area contributed by atoms with Gasteiger partial charge in [0.15, 0.2) is 0 Å². The number of carbonyl (C=O) groups excluding carboxylic acids is 1. The van der Waals surface area contributed by atoms with Crippen molar-refractivity contribution in [2.75, 3.05) is 13.6 Å². The molecule has 18 heavy (non-hydrogen) atoms. The minimum Gasteiger partial charge on any atom is -0.393 e. The fourth-order valence-electron chi connectivity index (χ4n) is 2.22. The lowest BCUT2D eigenvalue weighted by molar-refractivity contribution is 0.0265. The molecule has 1 aliphatic rings. The summed E-state index contributed by atoms with van der Waals surface area (Å²) in [6.45, 7) is 0.681. The van der Waals surface area contributed by atoms with Crippen LogP contribution in [0.4, 0.5) is 0 Å². The minimum atomic E-state index is -0.182. The fraction of sp³-hybridized carbons (Fsp3) is 0.462. The number of benzene rings is 1. The summed E-state index contributed by atoms with van der Waals surface area (Å²) in [7, 11) is 1.78. The van der Waals surface area contributed by atoms with Gasteiger partial charge in [0.05, 0.1) is 6.10 Å². The highest BCUT2D eigenvalue weighted by atomic mass is 79.9. The quantitative estimate of drug-likeness (QED) is 0.924. The molecule has 0 atom stereocenters. The van der Waals surface area contributed by atoms with Gasteiger partial charge in [-0.3, -0.25) is 4.79 Å². The number of aliphatic hydroxyl groups is 1. The maximum atomic E-state index is 12.2. The molecule has 0 aliphatic heterocycles. The molecule has 1 aliphatic carbocycles. The summed E-state index contributed by atoms with van der Waals surface area (Å²) < 4.78 is 0.797. The molecule has 0 saturated heterocycles. The number of carbonyl (C=O) groups is 1. The van der Waals surface area contributed by atoms with Crippen molar-refractivity contribution in [3.8, 4) is 0 Å². The van der Waals surface area contributed by atoms with Crippen molar-refractivity contribution in [3.05, 3.63) is 33.3 Å². The first-order chi connectivity index (χ1) is 8.45. The van der Waals surface area contributed by atoms with Crippen LogP contribution in [-0.2, 0) is 0 Å². The van der Waals surface area contributed by atoms with Gasteiger partial charge >= 0.3 is 0 Å². The molecule has 5 heteroatoms. The van der Waals surface area contributed by atoms with Gasteiger partial charge in [-0.15, -0.1) is 0 Å². The topological polar surface area (TPSA) is 40.5 Å². The smallest absolute Gasteiger partial charge is 0.253 e. The molecular formula is C13H15BrClNO2. The first kappa shape index (κ1) is 13.8. The van der Waals surface area contributed by atoms with E-state index in [0.29, 0.717) is 23.0 Å². The summed E-state index contributed by atoms with van der Waals surface area (Å²) in [4.78, 5) is 13.9. The van der Waals surface area contributed by atoms with Crippen molar-refractivity contribution in [3.63, 3.8) is 0 Å². The first-order valence-corrected chi connectivity index (χ1v) is 7.02. The second-order valence-corrected chi connectivity index (χ2v) is 6.19. The van der Waals surface area contributed by atoms with Crippen molar-refractivity contribution in [2.24, 2.45) is 5.92 Å². The van der Waals surface area contributed by atoms with E-state index in [1.54, 1.807) is 30.1 Å². The van der Waals surface area contributed by atoms with Crippen molar-refractivity contribution in [1.29, 1.82) is 0 Å². The number of halogens is 2. The number of hydrogen-bond acceptors (Lipinski definition) is 2. The van der Waals surface area contributed by atoms with E-state index < -0.39 is 0 Å². The molecule has 98 valence electrons. The second-order valence-electron chi connectivity index (χ2n) is 4.84. The van der Waals surface area contributed by atoms with E-state index in [2.05, 4.69) is 15.9 Å². The van der Waals surface area contributed by atoms with Crippen LogP contribution < -0.4 is 0 Å². The highest BCUT2D eigenvalue weighted by molar-refractivity contribution is 9.10. The van der Waals surface area contributed by atoms with Crippen LogP contribution in [0.15, 0.2) is 22.7 Å². The molecule has 1 N–H and O–H groups in total. The van der Waals surface area contributed by atoms with Crippen LogP contribution in [0, 0.1) is 5.92 Å². The van der Waals surface area contributed by atoms with Gasteiger partial charge in [0.25, 0.3) is 5.91 Å². The highest BCUT2D eigenvalue weighted by Gasteiger charge is 2.29. The Morgan fingerprint density at radius 2 is 2.17 bits per heavy atom. The molecule has 2 rings (SSSR count). The molecular weight excluding hydrogens is 318 g/mol. The van der Waals surface area contributed by atoms with Gasteiger partial charge in [-0.2, -0.15) is 0 Å². The van der Waals surface area contributed by atoms with E-state index >= 15 is 0 Å². The number of amides is 1. The lowest BCUT2D eigenvalue weighted by Crippen LogP contribution is -2.39. The minimum absolute atomic E-state index is 0.0420. The molecule has 1 aromatic rings. The highest BCUT2D eigenvalue weighted by Crippen LogP contribution is 2.28. The van der Waals surface area contributed by atoms with Crippen LogP contribution in [0.5, 0.6) is 0 Å². The molecule has 1 saturated carbocycles. The molecule has 0 spiro atoms. The predicted octanol–water partition coefficient (Wildman–Crippen LogP) is 2.95. The summed E-state index contributed by atoms with van der Waals surface area (Å²) in [5.74, 6) is 0.371. The van der Waals surface area contributed by atoms with E-state index in [0.717, 1.165) is 17.3 Å². The van der Waals surface area contributed by atoms with Crippen LogP contribution in [-0.4, -0.2) is 35.6 Å². The van der Waals surface area contributed by atoms with E-state index in [-0.39, 0.29) is 12.0 Å². The Morgan fingerprint density at radius 1 is 1.50 bits per heavy atom. The zero-order chi connectivity index (χ0) is 13.3. The van der Waals surface area contributed by atoms with Gasteiger partial charge in [-0.05, 0) is 37.0 Å². The van der Waals surface area contributed by atoms with Crippen molar-refractivity contribution in [2.45, 2.75) is 18.9 Å². The van der Waals surface area contributed by atoms with E-state index in [1.807, 2.05) is 0 Å². The van der Waals surface area contributed by atoms with Crippen LogP contribution in [0.2, 0.25) is 5.02 Å². The van der Waals surface area contributed by atoms with Gasteiger partial charge in [0, 0.05) is 28.7 Å². The number of aliphatic hydroxyl groups excluding tert-OH is 1. The Hall–Kier alpha value is -0.580.